The Morgan fingerprint density at radius 3 is 2.14 bits per heavy atom. The van der Waals surface area contributed by atoms with Gasteiger partial charge in [0.1, 0.15) is 0 Å². The van der Waals surface area contributed by atoms with Crippen LogP contribution in [0.1, 0.15) is 65.2 Å². The topological polar surface area (TPSA) is 74.7 Å². The summed E-state index contributed by atoms with van der Waals surface area (Å²) in [7, 11) is 0. The van der Waals surface area contributed by atoms with Crippen LogP contribution in [0.5, 0.6) is 0 Å². The van der Waals surface area contributed by atoms with Gasteiger partial charge >= 0.3 is 5.97 Å². The molecule has 1 saturated carbocycles. The minimum atomic E-state index is -0.929. The van der Waals surface area contributed by atoms with Crippen molar-refractivity contribution in [3.05, 3.63) is 0 Å². The molecule has 1 aliphatic heterocycles. The summed E-state index contributed by atoms with van der Waals surface area (Å²) in [6, 6.07) is 0. The van der Waals surface area contributed by atoms with Crippen molar-refractivity contribution in [2.24, 2.45) is 10.8 Å². The third kappa shape index (κ3) is 2.58. The molecular formula is C16H25NO4. The lowest BCUT2D eigenvalue weighted by molar-refractivity contribution is -0.156. The summed E-state index contributed by atoms with van der Waals surface area (Å²) in [5.74, 6) is -1.23. The molecule has 1 aliphatic carbocycles. The fourth-order valence-corrected chi connectivity index (χ4v) is 3.79. The highest BCUT2D eigenvalue weighted by molar-refractivity contribution is 6.06. The highest BCUT2D eigenvalue weighted by Crippen LogP contribution is 2.43. The summed E-state index contributed by atoms with van der Waals surface area (Å²) in [4.78, 5) is 37.9. The Morgan fingerprint density at radius 1 is 1.14 bits per heavy atom. The molecule has 1 N–H and O–H groups in total. The molecule has 0 aromatic carbocycles. The van der Waals surface area contributed by atoms with Crippen molar-refractivity contribution in [1.82, 2.24) is 4.90 Å². The van der Waals surface area contributed by atoms with Gasteiger partial charge in [0.2, 0.25) is 11.8 Å². The SMILES string of the molecule is CCC1(CC)CC(=O)N(CC2(C(=O)O)CCCCC2)C1=O. The average molecular weight is 295 g/mol. The lowest BCUT2D eigenvalue weighted by Gasteiger charge is -2.36. The number of carbonyl (C=O) groups is 3. The Labute approximate surface area is 125 Å². The fourth-order valence-electron chi connectivity index (χ4n) is 3.79. The zero-order valence-electron chi connectivity index (χ0n) is 13.0. The van der Waals surface area contributed by atoms with E-state index in [2.05, 4.69) is 0 Å². The number of hydrogen-bond acceptors (Lipinski definition) is 3. The number of aliphatic carboxylic acids is 1. The van der Waals surface area contributed by atoms with Gasteiger partial charge in [0.25, 0.3) is 0 Å². The van der Waals surface area contributed by atoms with Gasteiger partial charge in [0.05, 0.1) is 10.8 Å². The zero-order valence-corrected chi connectivity index (χ0v) is 13.0. The molecule has 0 unspecified atom stereocenters. The van der Waals surface area contributed by atoms with Crippen molar-refractivity contribution >= 4 is 17.8 Å². The number of likely N-dealkylation sites (tertiary alicyclic amines) is 1. The monoisotopic (exact) mass is 295 g/mol. The van der Waals surface area contributed by atoms with Crippen LogP contribution in [0.4, 0.5) is 0 Å². The second-order valence-electron chi connectivity index (χ2n) is 6.60. The number of rotatable bonds is 5. The molecule has 1 heterocycles. The molecule has 0 atom stereocenters. The third-order valence-electron chi connectivity index (χ3n) is 5.57. The maximum absolute atomic E-state index is 12.7. The van der Waals surface area contributed by atoms with Crippen LogP contribution >= 0.6 is 0 Å². The van der Waals surface area contributed by atoms with Gasteiger partial charge < -0.3 is 5.11 Å². The molecule has 0 aromatic heterocycles. The molecule has 1 saturated heterocycles. The highest BCUT2D eigenvalue weighted by atomic mass is 16.4. The van der Waals surface area contributed by atoms with Crippen molar-refractivity contribution in [1.29, 1.82) is 0 Å². The van der Waals surface area contributed by atoms with E-state index in [0.29, 0.717) is 25.7 Å². The van der Waals surface area contributed by atoms with Crippen LogP contribution in [0.15, 0.2) is 0 Å². The second-order valence-corrected chi connectivity index (χ2v) is 6.60. The quantitative estimate of drug-likeness (QED) is 0.791. The van der Waals surface area contributed by atoms with E-state index in [-0.39, 0.29) is 24.8 Å². The van der Waals surface area contributed by atoms with Crippen LogP contribution in [-0.4, -0.2) is 34.3 Å². The Bertz CT molecular complexity index is 447. The molecule has 118 valence electrons. The lowest BCUT2D eigenvalue weighted by atomic mass is 9.73. The molecule has 0 radical (unpaired) electrons. The molecule has 0 bridgehead atoms. The largest absolute Gasteiger partial charge is 0.481 e. The van der Waals surface area contributed by atoms with Gasteiger partial charge in [-0.3, -0.25) is 19.3 Å². The number of nitrogens with zero attached hydrogens (tertiary/aromatic N) is 1. The zero-order chi connectivity index (χ0) is 15.7. The van der Waals surface area contributed by atoms with Gasteiger partial charge in [0, 0.05) is 13.0 Å². The minimum Gasteiger partial charge on any atom is -0.481 e. The number of carboxylic acids is 1. The van der Waals surface area contributed by atoms with E-state index in [1.54, 1.807) is 0 Å². The van der Waals surface area contributed by atoms with Crippen LogP contribution in [0.3, 0.4) is 0 Å². The second kappa shape index (κ2) is 5.78. The Morgan fingerprint density at radius 2 is 1.71 bits per heavy atom. The fraction of sp³-hybridized carbons (Fsp3) is 0.812. The molecule has 5 heteroatoms. The number of amides is 2. The normalized spacial score (nSPS) is 24.4. The summed E-state index contributed by atoms with van der Waals surface area (Å²) >= 11 is 0. The molecule has 5 nitrogen and oxygen atoms in total. The van der Waals surface area contributed by atoms with Gasteiger partial charge in [-0.05, 0) is 25.7 Å². The van der Waals surface area contributed by atoms with E-state index in [1.165, 1.54) is 4.90 Å². The number of hydrogen-bond donors (Lipinski definition) is 1. The maximum atomic E-state index is 12.7. The summed E-state index contributed by atoms with van der Waals surface area (Å²) in [6.07, 6.45) is 5.36. The van der Waals surface area contributed by atoms with Crippen LogP contribution in [0, 0.1) is 10.8 Å². The molecule has 0 aromatic rings. The summed E-state index contributed by atoms with van der Waals surface area (Å²) in [5.41, 5.74) is -1.54. The highest BCUT2D eigenvalue weighted by Gasteiger charge is 2.52. The number of carbonyl (C=O) groups excluding carboxylic acids is 2. The molecule has 2 amide bonds. The molecular weight excluding hydrogens is 270 g/mol. The Kier molecular flexibility index (Phi) is 4.40. The van der Waals surface area contributed by atoms with Gasteiger partial charge in [-0.25, -0.2) is 0 Å². The van der Waals surface area contributed by atoms with Crippen molar-refractivity contribution in [2.45, 2.75) is 65.2 Å². The maximum Gasteiger partial charge on any atom is 0.311 e. The van der Waals surface area contributed by atoms with Crippen LogP contribution in [0.2, 0.25) is 0 Å². The first-order valence-electron chi connectivity index (χ1n) is 7.99. The summed E-state index contributed by atoms with van der Waals surface area (Å²) < 4.78 is 0. The van der Waals surface area contributed by atoms with Gasteiger partial charge in [-0.15, -0.1) is 0 Å². The van der Waals surface area contributed by atoms with Crippen molar-refractivity contribution in [3.8, 4) is 0 Å². The van der Waals surface area contributed by atoms with E-state index >= 15 is 0 Å². The molecule has 2 rings (SSSR count). The number of imide groups is 1. The average Bonchev–Trinajstić information content (AvgIpc) is 2.72. The number of carboxylic acid groups (broad SMARTS) is 1. The first-order chi connectivity index (χ1) is 9.91. The van der Waals surface area contributed by atoms with E-state index in [0.717, 1.165) is 19.3 Å². The van der Waals surface area contributed by atoms with Crippen molar-refractivity contribution < 1.29 is 19.5 Å². The van der Waals surface area contributed by atoms with E-state index in [4.69, 9.17) is 0 Å². The third-order valence-corrected chi connectivity index (χ3v) is 5.57. The predicted octanol–water partition coefficient (Wildman–Crippen LogP) is 2.59. The van der Waals surface area contributed by atoms with Gasteiger partial charge in [-0.1, -0.05) is 33.1 Å². The lowest BCUT2D eigenvalue weighted by Crippen LogP contribution is -2.47. The molecule has 21 heavy (non-hydrogen) atoms. The Hall–Kier alpha value is -1.39. The van der Waals surface area contributed by atoms with Crippen LogP contribution in [0.25, 0.3) is 0 Å². The van der Waals surface area contributed by atoms with Gasteiger partial charge in [0.15, 0.2) is 0 Å². The summed E-state index contributed by atoms with van der Waals surface area (Å²) in [5, 5.41) is 9.62. The smallest absolute Gasteiger partial charge is 0.311 e. The molecule has 2 aliphatic rings. The van der Waals surface area contributed by atoms with E-state index in [1.807, 2.05) is 13.8 Å². The van der Waals surface area contributed by atoms with E-state index in [9.17, 15) is 19.5 Å². The van der Waals surface area contributed by atoms with Crippen LogP contribution < -0.4 is 0 Å². The first-order valence-corrected chi connectivity index (χ1v) is 7.99. The van der Waals surface area contributed by atoms with E-state index < -0.39 is 16.8 Å². The van der Waals surface area contributed by atoms with Crippen LogP contribution in [-0.2, 0) is 14.4 Å². The van der Waals surface area contributed by atoms with Crippen molar-refractivity contribution in [3.63, 3.8) is 0 Å². The Balaban J connectivity index is 2.23. The minimum absolute atomic E-state index is 0.0573. The van der Waals surface area contributed by atoms with Crippen molar-refractivity contribution in [2.75, 3.05) is 6.54 Å². The molecule has 2 fully saturated rings. The summed E-state index contributed by atoms with van der Waals surface area (Å²) in [6.45, 7) is 3.90. The first kappa shape index (κ1) is 16.0. The predicted molar refractivity (Wildman–Crippen MR) is 77.5 cm³/mol. The standard InChI is InChI=1S/C16H25NO4/c1-3-15(4-2)10-12(18)17(13(15)19)11-16(14(20)21)8-6-5-7-9-16/h3-11H2,1-2H3,(H,20,21). The van der Waals surface area contributed by atoms with Gasteiger partial charge in [-0.2, -0.15) is 0 Å². The molecule has 0 spiro atoms.